The molecule has 0 aliphatic heterocycles. The Balaban J connectivity index is 1.68. The van der Waals surface area contributed by atoms with Crippen LogP contribution in [0.4, 0.5) is 17.2 Å². The molecule has 120 valence electrons. The van der Waals surface area contributed by atoms with Crippen LogP contribution in [-0.2, 0) is 0 Å². The molecule has 5 nitrogen and oxygen atoms in total. The van der Waals surface area contributed by atoms with Gasteiger partial charge in [-0.2, -0.15) is 0 Å². The van der Waals surface area contributed by atoms with Gasteiger partial charge in [0, 0.05) is 5.56 Å². The number of carbonyl (C=O) groups is 1. The van der Waals surface area contributed by atoms with Crippen molar-refractivity contribution in [2.45, 2.75) is 0 Å². The number of hydrogen-bond acceptors (Lipinski definition) is 4. The lowest BCUT2D eigenvalue weighted by Gasteiger charge is -2.11. The molecule has 0 unspecified atom stereocenters. The fourth-order valence-corrected chi connectivity index (χ4v) is 2.22. The highest BCUT2D eigenvalue weighted by atomic mass is 16.5. The maximum Gasteiger partial charge on any atom is 0.256 e. The molecule has 2 aromatic carbocycles. The summed E-state index contributed by atoms with van der Waals surface area (Å²) in [6, 6.07) is 20.3. The number of hydrogen-bond donors (Lipinski definition) is 2. The summed E-state index contributed by atoms with van der Waals surface area (Å²) in [6.07, 6.45) is 1.66. The van der Waals surface area contributed by atoms with Crippen molar-refractivity contribution in [1.82, 2.24) is 4.98 Å². The Morgan fingerprint density at radius 3 is 2.42 bits per heavy atom. The molecule has 1 heterocycles. The van der Waals surface area contributed by atoms with Gasteiger partial charge in [-0.25, -0.2) is 4.98 Å². The summed E-state index contributed by atoms with van der Waals surface area (Å²) in [5.74, 6) is 1.06. The zero-order valence-electron chi connectivity index (χ0n) is 13.2. The van der Waals surface area contributed by atoms with Crippen LogP contribution in [0.1, 0.15) is 10.4 Å². The normalized spacial score (nSPS) is 10.0. The molecule has 1 aromatic heterocycles. The largest absolute Gasteiger partial charge is 0.495 e. The molecule has 0 spiro atoms. The monoisotopic (exact) mass is 319 g/mol. The zero-order chi connectivity index (χ0) is 16.8. The molecule has 2 N–H and O–H groups in total. The van der Waals surface area contributed by atoms with Crippen LogP contribution in [0.3, 0.4) is 0 Å². The Kier molecular flexibility index (Phi) is 4.72. The number of para-hydroxylation sites is 2. The number of nitrogens with one attached hydrogen (secondary N) is 2. The molecule has 0 atom stereocenters. The van der Waals surface area contributed by atoms with Crippen LogP contribution >= 0.6 is 0 Å². The van der Waals surface area contributed by atoms with Gasteiger partial charge >= 0.3 is 0 Å². The molecule has 0 saturated heterocycles. The number of carbonyl (C=O) groups excluding carboxylic acids is 1. The Morgan fingerprint density at radius 1 is 0.958 bits per heavy atom. The highest BCUT2D eigenvalue weighted by Crippen LogP contribution is 2.26. The van der Waals surface area contributed by atoms with Crippen LogP contribution in [0.5, 0.6) is 5.75 Å². The number of methoxy groups -OCH3 is 1. The van der Waals surface area contributed by atoms with Crippen LogP contribution < -0.4 is 15.4 Å². The molecule has 1 amide bonds. The van der Waals surface area contributed by atoms with Crippen LogP contribution in [0.15, 0.2) is 72.9 Å². The molecule has 3 aromatic rings. The highest BCUT2D eigenvalue weighted by Gasteiger charge is 2.06. The lowest BCUT2D eigenvalue weighted by Crippen LogP contribution is -2.12. The van der Waals surface area contributed by atoms with E-state index in [2.05, 4.69) is 15.6 Å². The molecule has 0 aliphatic carbocycles. The SMILES string of the molecule is COc1ccccc1Nc1ccc(NC(=O)c2ccccc2)nc1. The molecule has 24 heavy (non-hydrogen) atoms. The van der Waals surface area contributed by atoms with Crippen molar-refractivity contribution in [1.29, 1.82) is 0 Å². The van der Waals surface area contributed by atoms with E-state index in [1.54, 1.807) is 31.5 Å². The van der Waals surface area contributed by atoms with Crippen molar-refractivity contribution in [3.05, 3.63) is 78.5 Å². The molecule has 3 rings (SSSR count). The fourth-order valence-electron chi connectivity index (χ4n) is 2.22. The summed E-state index contributed by atoms with van der Waals surface area (Å²) >= 11 is 0. The number of anilines is 3. The van der Waals surface area contributed by atoms with E-state index in [4.69, 9.17) is 4.74 Å². The number of nitrogens with zero attached hydrogens (tertiary/aromatic N) is 1. The number of amides is 1. The number of benzene rings is 2. The number of aromatic nitrogens is 1. The lowest BCUT2D eigenvalue weighted by molar-refractivity contribution is 0.102. The van der Waals surface area contributed by atoms with Crippen LogP contribution in [0, 0.1) is 0 Å². The summed E-state index contributed by atoms with van der Waals surface area (Å²) < 4.78 is 5.30. The third-order valence-corrected chi connectivity index (χ3v) is 3.43. The predicted octanol–water partition coefficient (Wildman–Crippen LogP) is 4.09. The van der Waals surface area contributed by atoms with Gasteiger partial charge in [0.15, 0.2) is 0 Å². The average molecular weight is 319 g/mol. The van der Waals surface area contributed by atoms with Gasteiger partial charge in [-0.3, -0.25) is 4.79 Å². The van der Waals surface area contributed by atoms with Crippen molar-refractivity contribution >= 4 is 23.1 Å². The van der Waals surface area contributed by atoms with Crippen LogP contribution in [-0.4, -0.2) is 18.0 Å². The molecule has 0 aliphatic rings. The number of rotatable bonds is 5. The predicted molar refractivity (Wildman–Crippen MR) is 94.9 cm³/mol. The maximum atomic E-state index is 12.1. The standard InChI is InChI=1S/C19H17N3O2/c1-24-17-10-6-5-9-16(17)21-15-11-12-18(20-13-15)22-19(23)14-7-3-2-4-8-14/h2-13,21H,1H3,(H,20,22,23). The second kappa shape index (κ2) is 7.28. The summed E-state index contributed by atoms with van der Waals surface area (Å²) in [6.45, 7) is 0. The first-order valence-electron chi connectivity index (χ1n) is 7.49. The van der Waals surface area contributed by atoms with E-state index in [0.29, 0.717) is 11.4 Å². The van der Waals surface area contributed by atoms with Crippen LogP contribution in [0.25, 0.3) is 0 Å². The topological polar surface area (TPSA) is 63.2 Å². The van der Waals surface area contributed by atoms with E-state index in [9.17, 15) is 4.79 Å². The number of ether oxygens (including phenoxy) is 1. The van der Waals surface area contributed by atoms with Gasteiger partial charge in [0.1, 0.15) is 11.6 Å². The van der Waals surface area contributed by atoms with E-state index in [0.717, 1.165) is 17.1 Å². The summed E-state index contributed by atoms with van der Waals surface area (Å²) in [4.78, 5) is 16.4. The molecular weight excluding hydrogens is 302 g/mol. The molecular formula is C19H17N3O2. The first kappa shape index (κ1) is 15.6. The van der Waals surface area contributed by atoms with Crippen molar-refractivity contribution in [3.8, 4) is 5.75 Å². The van der Waals surface area contributed by atoms with Crippen molar-refractivity contribution in [3.63, 3.8) is 0 Å². The van der Waals surface area contributed by atoms with Gasteiger partial charge in [-0.05, 0) is 36.4 Å². The van der Waals surface area contributed by atoms with Crippen molar-refractivity contribution in [2.24, 2.45) is 0 Å². The Labute approximate surface area is 140 Å². The summed E-state index contributed by atoms with van der Waals surface area (Å²) in [5.41, 5.74) is 2.25. The average Bonchev–Trinajstić information content (AvgIpc) is 2.64. The van der Waals surface area contributed by atoms with Gasteiger partial charge in [-0.1, -0.05) is 30.3 Å². The molecule has 5 heteroatoms. The van der Waals surface area contributed by atoms with Crippen molar-refractivity contribution < 1.29 is 9.53 Å². The maximum absolute atomic E-state index is 12.1. The summed E-state index contributed by atoms with van der Waals surface area (Å²) in [7, 11) is 1.63. The minimum atomic E-state index is -0.187. The second-order valence-corrected chi connectivity index (χ2v) is 5.08. The van der Waals surface area contributed by atoms with Crippen molar-refractivity contribution in [2.75, 3.05) is 17.7 Å². The highest BCUT2D eigenvalue weighted by molar-refractivity contribution is 6.03. The third-order valence-electron chi connectivity index (χ3n) is 3.43. The Bertz CT molecular complexity index is 818. The van der Waals surface area contributed by atoms with E-state index in [1.807, 2.05) is 48.5 Å². The van der Waals surface area contributed by atoms with Gasteiger partial charge < -0.3 is 15.4 Å². The fraction of sp³-hybridized carbons (Fsp3) is 0.0526. The van der Waals surface area contributed by atoms with E-state index in [1.165, 1.54) is 0 Å². The van der Waals surface area contributed by atoms with E-state index in [-0.39, 0.29) is 5.91 Å². The summed E-state index contributed by atoms with van der Waals surface area (Å²) in [5, 5.41) is 6.00. The quantitative estimate of drug-likeness (QED) is 0.743. The molecule has 0 saturated carbocycles. The Hall–Kier alpha value is -3.34. The third kappa shape index (κ3) is 3.70. The zero-order valence-corrected chi connectivity index (χ0v) is 13.2. The van der Waals surface area contributed by atoms with Crippen LogP contribution in [0.2, 0.25) is 0 Å². The smallest absolute Gasteiger partial charge is 0.256 e. The lowest BCUT2D eigenvalue weighted by atomic mass is 10.2. The van der Waals surface area contributed by atoms with E-state index < -0.39 is 0 Å². The molecule has 0 bridgehead atoms. The molecule has 0 radical (unpaired) electrons. The first-order chi connectivity index (χ1) is 11.8. The van der Waals surface area contributed by atoms with Gasteiger partial charge in [0.2, 0.25) is 0 Å². The Morgan fingerprint density at radius 2 is 1.71 bits per heavy atom. The van der Waals surface area contributed by atoms with E-state index >= 15 is 0 Å². The first-order valence-corrected chi connectivity index (χ1v) is 7.49. The number of pyridine rings is 1. The van der Waals surface area contributed by atoms with Gasteiger partial charge in [-0.15, -0.1) is 0 Å². The second-order valence-electron chi connectivity index (χ2n) is 5.08. The minimum absolute atomic E-state index is 0.187. The molecule has 0 fully saturated rings. The van der Waals surface area contributed by atoms with Gasteiger partial charge in [0.25, 0.3) is 5.91 Å². The minimum Gasteiger partial charge on any atom is -0.495 e. The van der Waals surface area contributed by atoms with Gasteiger partial charge in [0.05, 0.1) is 24.7 Å².